The Labute approximate surface area is 297 Å². The monoisotopic (exact) mass is 669 g/mol. The fraction of sp³-hybridized carbons (Fsp3) is 0.727. The molecule has 0 saturated carbocycles. The molecule has 1 N–H and O–H groups in total. The van der Waals surface area contributed by atoms with Crippen molar-refractivity contribution < 1.29 is 19.4 Å². The number of unbranched alkanes of at least 4 members (excludes halogenated alkanes) is 17. The molecule has 0 rings (SSSR count). The van der Waals surface area contributed by atoms with Crippen molar-refractivity contribution in [1.82, 2.24) is 0 Å². The van der Waals surface area contributed by atoms with Gasteiger partial charge in [-0.15, -0.1) is 0 Å². The maximum Gasteiger partial charge on any atom is 0.306 e. The van der Waals surface area contributed by atoms with Crippen LogP contribution in [0.2, 0.25) is 0 Å². The van der Waals surface area contributed by atoms with Crippen LogP contribution in [0.3, 0.4) is 0 Å². The van der Waals surface area contributed by atoms with Crippen molar-refractivity contribution in [3.05, 3.63) is 60.8 Å². The van der Waals surface area contributed by atoms with E-state index in [2.05, 4.69) is 74.6 Å². The number of rotatable bonds is 36. The summed E-state index contributed by atoms with van der Waals surface area (Å²) in [5.74, 6) is -0.745. The molecule has 0 aliphatic carbocycles. The quantitative estimate of drug-likeness (QED) is 0.0410. The second kappa shape index (κ2) is 39.1. The summed E-state index contributed by atoms with van der Waals surface area (Å²) in [4.78, 5) is 23.4. The summed E-state index contributed by atoms with van der Waals surface area (Å²) in [6.07, 6.45) is 53.8. The lowest BCUT2D eigenvalue weighted by molar-refractivity contribution is -0.150. The smallest absolute Gasteiger partial charge is 0.306 e. The van der Waals surface area contributed by atoms with Gasteiger partial charge in [-0.1, -0.05) is 152 Å². The fourth-order valence-electron chi connectivity index (χ4n) is 5.76. The molecule has 48 heavy (non-hydrogen) atoms. The van der Waals surface area contributed by atoms with E-state index in [9.17, 15) is 9.59 Å². The van der Waals surface area contributed by atoms with Crippen LogP contribution in [0.1, 0.15) is 200 Å². The molecule has 0 saturated heterocycles. The van der Waals surface area contributed by atoms with Crippen LogP contribution >= 0.6 is 0 Å². The molecular weight excluding hydrogens is 592 g/mol. The summed E-state index contributed by atoms with van der Waals surface area (Å²) in [6.45, 7) is 4.43. The molecule has 0 aromatic heterocycles. The first-order valence-electron chi connectivity index (χ1n) is 20.3. The van der Waals surface area contributed by atoms with Crippen LogP contribution in [0.4, 0.5) is 0 Å². The number of carbonyl (C=O) groups excluding carboxylic acids is 1. The Morgan fingerprint density at radius 3 is 1.46 bits per heavy atom. The predicted octanol–water partition coefficient (Wildman–Crippen LogP) is 14.1. The van der Waals surface area contributed by atoms with E-state index in [0.717, 1.165) is 109 Å². The predicted molar refractivity (Wildman–Crippen MR) is 208 cm³/mol. The molecule has 0 radical (unpaired) electrons. The minimum atomic E-state index is -0.709. The maximum absolute atomic E-state index is 12.7. The highest BCUT2D eigenvalue weighted by Gasteiger charge is 2.14. The van der Waals surface area contributed by atoms with Gasteiger partial charge >= 0.3 is 11.9 Å². The van der Waals surface area contributed by atoms with E-state index in [1.54, 1.807) is 0 Å². The standard InChI is InChI=1S/C44H76O4/c1-3-5-7-9-11-13-15-17-18-19-20-22-24-26-28-33-37-41-44(47)48-42(39-35-31-29-32-36-40-43(45)46)38-34-30-27-25-23-21-16-14-12-10-8-6-4-2/h5,7,11,13,17-18,20,22,25,27,42H,3-4,6,8-10,12,14-16,19,21,23-24,26,28-41H2,1-2H3,(H,45,46)/b7-5-,13-11-,18-17-,22-20-,27-25-. The van der Waals surface area contributed by atoms with Crippen LogP contribution in [0, 0.1) is 0 Å². The van der Waals surface area contributed by atoms with Gasteiger partial charge < -0.3 is 9.84 Å². The molecule has 0 aliphatic heterocycles. The van der Waals surface area contributed by atoms with E-state index in [1.807, 2.05) is 0 Å². The number of hydrogen-bond donors (Lipinski definition) is 1. The molecule has 4 nitrogen and oxygen atoms in total. The molecule has 0 spiro atoms. The molecule has 0 aliphatic rings. The van der Waals surface area contributed by atoms with Gasteiger partial charge in [-0.05, 0) is 96.3 Å². The first-order valence-corrected chi connectivity index (χ1v) is 20.3. The van der Waals surface area contributed by atoms with E-state index < -0.39 is 5.97 Å². The Balaban J connectivity index is 4.14. The minimum absolute atomic E-state index is 0.00999. The van der Waals surface area contributed by atoms with Crippen LogP contribution in [0.5, 0.6) is 0 Å². The summed E-state index contributed by atoms with van der Waals surface area (Å²) in [6, 6.07) is 0. The molecule has 0 amide bonds. The first-order chi connectivity index (χ1) is 23.6. The third-order valence-corrected chi connectivity index (χ3v) is 8.72. The van der Waals surface area contributed by atoms with Crippen molar-refractivity contribution in [3.63, 3.8) is 0 Å². The van der Waals surface area contributed by atoms with Gasteiger partial charge in [-0.2, -0.15) is 0 Å². The summed E-state index contributed by atoms with van der Waals surface area (Å²) in [5, 5.41) is 8.82. The molecule has 276 valence electrons. The van der Waals surface area contributed by atoms with E-state index in [1.165, 1.54) is 64.2 Å². The second-order valence-corrected chi connectivity index (χ2v) is 13.4. The molecular formula is C44H76O4. The number of carboxylic acid groups (broad SMARTS) is 1. The number of carboxylic acids is 1. The molecule has 1 atom stereocenters. The van der Waals surface area contributed by atoms with E-state index in [4.69, 9.17) is 9.84 Å². The number of esters is 1. The van der Waals surface area contributed by atoms with Gasteiger partial charge in [-0.25, -0.2) is 0 Å². The molecule has 0 bridgehead atoms. The Morgan fingerprint density at radius 2 is 0.896 bits per heavy atom. The zero-order chi connectivity index (χ0) is 35.0. The Morgan fingerprint density at radius 1 is 0.479 bits per heavy atom. The SMILES string of the molecule is CC/C=C\C/C=C\C/C=C\C/C=C\CCCCCCC(=O)OC(CCC/C=C\CCCCCCCCCC)CCCCCCCC(=O)O. The lowest BCUT2D eigenvalue weighted by Gasteiger charge is -2.18. The highest BCUT2D eigenvalue weighted by Crippen LogP contribution is 2.18. The molecule has 0 fully saturated rings. The van der Waals surface area contributed by atoms with Gasteiger partial charge in [0.1, 0.15) is 6.10 Å². The molecule has 1 unspecified atom stereocenters. The Bertz CT molecular complexity index is 850. The number of ether oxygens (including phenoxy) is 1. The summed E-state index contributed by atoms with van der Waals surface area (Å²) in [5.41, 5.74) is 0. The third kappa shape index (κ3) is 38.1. The van der Waals surface area contributed by atoms with Gasteiger partial charge in [0.05, 0.1) is 0 Å². The van der Waals surface area contributed by atoms with Crippen LogP contribution in [-0.4, -0.2) is 23.1 Å². The van der Waals surface area contributed by atoms with E-state index in [-0.39, 0.29) is 18.5 Å². The zero-order valence-electron chi connectivity index (χ0n) is 31.5. The molecule has 4 heteroatoms. The number of carbonyl (C=O) groups is 2. The highest BCUT2D eigenvalue weighted by molar-refractivity contribution is 5.69. The normalized spacial score (nSPS) is 12.9. The minimum Gasteiger partial charge on any atom is -0.481 e. The third-order valence-electron chi connectivity index (χ3n) is 8.72. The van der Waals surface area contributed by atoms with Crippen molar-refractivity contribution in [2.75, 3.05) is 0 Å². The lowest BCUT2D eigenvalue weighted by atomic mass is 10.0. The van der Waals surface area contributed by atoms with Gasteiger partial charge in [-0.3, -0.25) is 9.59 Å². The molecule has 0 aromatic rings. The van der Waals surface area contributed by atoms with Crippen LogP contribution in [0.25, 0.3) is 0 Å². The fourth-order valence-corrected chi connectivity index (χ4v) is 5.76. The lowest BCUT2D eigenvalue weighted by Crippen LogP contribution is -2.18. The van der Waals surface area contributed by atoms with Crippen LogP contribution < -0.4 is 0 Å². The largest absolute Gasteiger partial charge is 0.481 e. The number of allylic oxidation sites excluding steroid dienone is 10. The molecule has 0 aromatic carbocycles. The number of hydrogen-bond acceptors (Lipinski definition) is 3. The van der Waals surface area contributed by atoms with E-state index in [0.29, 0.717) is 6.42 Å². The van der Waals surface area contributed by atoms with Crippen molar-refractivity contribution in [2.24, 2.45) is 0 Å². The summed E-state index contributed by atoms with van der Waals surface area (Å²) in [7, 11) is 0. The summed E-state index contributed by atoms with van der Waals surface area (Å²) >= 11 is 0. The van der Waals surface area contributed by atoms with Gasteiger partial charge in [0, 0.05) is 12.8 Å². The zero-order valence-corrected chi connectivity index (χ0v) is 31.5. The van der Waals surface area contributed by atoms with Gasteiger partial charge in [0.2, 0.25) is 0 Å². The first kappa shape index (κ1) is 45.6. The topological polar surface area (TPSA) is 63.6 Å². The Hall–Kier alpha value is -2.36. The van der Waals surface area contributed by atoms with Crippen molar-refractivity contribution in [1.29, 1.82) is 0 Å². The van der Waals surface area contributed by atoms with Crippen molar-refractivity contribution in [2.45, 2.75) is 206 Å². The van der Waals surface area contributed by atoms with Crippen LogP contribution in [-0.2, 0) is 14.3 Å². The second-order valence-electron chi connectivity index (χ2n) is 13.4. The number of aliphatic carboxylic acids is 1. The van der Waals surface area contributed by atoms with Crippen molar-refractivity contribution >= 4 is 11.9 Å². The van der Waals surface area contributed by atoms with E-state index >= 15 is 0 Å². The van der Waals surface area contributed by atoms with Gasteiger partial charge in [0.15, 0.2) is 0 Å². The average molecular weight is 669 g/mol. The molecule has 0 heterocycles. The summed E-state index contributed by atoms with van der Waals surface area (Å²) < 4.78 is 5.98. The van der Waals surface area contributed by atoms with Crippen LogP contribution in [0.15, 0.2) is 60.8 Å². The van der Waals surface area contributed by atoms with Gasteiger partial charge in [0.25, 0.3) is 0 Å². The maximum atomic E-state index is 12.7. The Kier molecular flexibility index (Phi) is 37.2. The highest BCUT2D eigenvalue weighted by atomic mass is 16.5. The average Bonchev–Trinajstić information content (AvgIpc) is 3.07. The van der Waals surface area contributed by atoms with Crippen molar-refractivity contribution in [3.8, 4) is 0 Å².